The molecule has 0 saturated heterocycles. The van der Waals surface area contributed by atoms with Crippen molar-refractivity contribution in [1.29, 1.82) is 0 Å². The van der Waals surface area contributed by atoms with Crippen molar-refractivity contribution in [2.24, 2.45) is 0 Å². The fourth-order valence-electron chi connectivity index (χ4n) is 1.67. The smallest absolute Gasteiger partial charge is 0.178 e. The summed E-state index contributed by atoms with van der Waals surface area (Å²) in [5.41, 5.74) is 0.636. The summed E-state index contributed by atoms with van der Waals surface area (Å²) >= 11 is 1.34. The summed E-state index contributed by atoms with van der Waals surface area (Å²) in [6.07, 6.45) is 0. The van der Waals surface area contributed by atoms with Gasteiger partial charge in [-0.05, 0) is 17.7 Å². The van der Waals surface area contributed by atoms with Gasteiger partial charge >= 0.3 is 0 Å². The lowest BCUT2D eigenvalue weighted by atomic mass is 10.1. The van der Waals surface area contributed by atoms with Crippen molar-refractivity contribution in [2.45, 2.75) is 5.75 Å². The van der Waals surface area contributed by atoms with Gasteiger partial charge in [0.05, 0.1) is 11.3 Å². The van der Waals surface area contributed by atoms with E-state index in [1.807, 2.05) is 30.3 Å². The molecule has 0 N–H and O–H groups in total. The summed E-state index contributed by atoms with van der Waals surface area (Å²) in [4.78, 5) is 11.8. The first-order valence-corrected chi connectivity index (χ1v) is 6.93. The van der Waals surface area contributed by atoms with E-state index in [4.69, 9.17) is 0 Å². The molecule has 0 saturated carbocycles. The highest BCUT2D eigenvalue weighted by atomic mass is 32.2. The van der Waals surface area contributed by atoms with Gasteiger partial charge in [0.15, 0.2) is 5.78 Å². The Labute approximate surface area is 114 Å². The standard InChI is InChI=1S/C15H12F2OS/c16-12-7-4-8-13(17)15(12)14(18)10-19-9-11-5-2-1-3-6-11/h1-8H,9-10H2. The first-order chi connectivity index (χ1) is 9.18. The third-order valence-electron chi connectivity index (χ3n) is 2.59. The molecule has 4 heteroatoms. The predicted molar refractivity (Wildman–Crippen MR) is 73.3 cm³/mol. The second kappa shape index (κ2) is 6.48. The van der Waals surface area contributed by atoms with Gasteiger partial charge in [-0.1, -0.05) is 36.4 Å². The van der Waals surface area contributed by atoms with Gasteiger partial charge in [-0.25, -0.2) is 8.78 Å². The molecule has 19 heavy (non-hydrogen) atoms. The molecule has 98 valence electrons. The highest BCUT2D eigenvalue weighted by Crippen LogP contribution is 2.17. The largest absolute Gasteiger partial charge is 0.293 e. The quantitative estimate of drug-likeness (QED) is 0.767. The number of hydrogen-bond donors (Lipinski definition) is 0. The van der Waals surface area contributed by atoms with Crippen LogP contribution in [-0.2, 0) is 5.75 Å². The fraction of sp³-hybridized carbons (Fsp3) is 0.133. The van der Waals surface area contributed by atoms with E-state index in [0.29, 0.717) is 5.75 Å². The van der Waals surface area contributed by atoms with Gasteiger partial charge in [0, 0.05) is 5.75 Å². The molecule has 0 radical (unpaired) electrons. The van der Waals surface area contributed by atoms with E-state index in [2.05, 4.69) is 0 Å². The van der Waals surface area contributed by atoms with Gasteiger partial charge < -0.3 is 0 Å². The van der Waals surface area contributed by atoms with Crippen LogP contribution >= 0.6 is 11.8 Å². The Bertz CT molecular complexity index is 549. The minimum absolute atomic E-state index is 0.0622. The van der Waals surface area contributed by atoms with Crippen LogP contribution < -0.4 is 0 Å². The SMILES string of the molecule is O=C(CSCc1ccccc1)c1c(F)cccc1F. The van der Waals surface area contributed by atoms with Crippen LogP contribution in [0.1, 0.15) is 15.9 Å². The summed E-state index contributed by atoms with van der Waals surface area (Å²) in [5.74, 6) is -1.41. The Morgan fingerprint density at radius 1 is 0.947 bits per heavy atom. The lowest BCUT2D eigenvalue weighted by Gasteiger charge is -2.04. The molecular weight excluding hydrogens is 266 g/mol. The number of hydrogen-bond acceptors (Lipinski definition) is 2. The zero-order chi connectivity index (χ0) is 13.7. The molecule has 0 atom stereocenters. The zero-order valence-electron chi connectivity index (χ0n) is 10.1. The molecule has 1 nitrogen and oxygen atoms in total. The van der Waals surface area contributed by atoms with Crippen molar-refractivity contribution in [1.82, 2.24) is 0 Å². The van der Waals surface area contributed by atoms with Crippen LogP contribution in [0.4, 0.5) is 8.78 Å². The van der Waals surface area contributed by atoms with E-state index >= 15 is 0 Å². The van der Waals surface area contributed by atoms with Crippen LogP contribution in [0.2, 0.25) is 0 Å². The van der Waals surface area contributed by atoms with E-state index in [-0.39, 0.29) is 5.75 Å². The van der Waals surface area contributed by atoms with Crippen molar-refractivity contribution < 1.29 is 13.6 Å². The molecular formula is C15H12F2OS. The summed E-state index contributed by atoms with van der Waals surface area (Å²) in [6, 6.07) is 13.1. The number of halogens is 2. The van der Waals surface area contributed by atoms with E-state index in [9.17, 15) is 13.6 Å². The van der Waals surface area contributed by atoms with E-state index in [0.717, 1.165) is 17.7 Å². The van der Waals surface area contributed by atoms with Crippen LogP contribution in [-0.4, -0.2) is 11.5 Å². The summed E-state index contributed by atoms with van der Waals surface area (Å²) in [5, 5.41) is 0. The van der Waals surface area contributed by atoms with Gasteiger partial charge in [0.1, 0.15) is 11.6 Å². The van der Waals surface area contributed by atoms with Crippen molar-refractivity contribution in [3.8, 4) is 0 Å². The van der Waals surface area contributed by atoms with Gasteiger partial charge in [-0.15, -0.1) is 11.8 Å². The van der Waals surface area contributed by atoms with E-state index < -0.39 is 23.0 Å². The molecule has 0 fully saturated rings. The molecule has 0 amide bonds. The number of thioether (sulfide) groups is 1. The molecule has 0 aliphatic carbocycles. The predicted octanol–water partition coefficient (Wildman–Crippen LogP) is 4.08. The van der Waals surface area contributed by atoms with Crippen LogP contribution in [0.5, 0.6) is 0 Å². The number of ketones is 1. The Morgan fingerprint density at radius 3 is 2.21 bits per heavy atom. The Kier molecular flexibility index (Phi) is 4.68. The number of rotatable bonds is 5. The summed E-state index contributed by atoms with van der Waals surface area (Å²) < 4.78 is 26.8. The first-order valence-electron chi connectivity index (χ1n) is 5.77. The molecule has 0 aliphatic heterocycles. The number of carbonyl (C=O) groups excluding carboxylic acids is 1. The van der Waals surface area contributed by atoms with Gasteiger partial charge in [0.2, 0.25) is 0 Å². The lowest BCUT2D eigenvalue weighted by molar-refractivity contribution is 0.101. The summed E-state index contributed by atoms with van der Waals surface area (Å²) in [6.45, 7) is 0. The maximum absolute atomic E-state index is 13.4. The van der Waals surface area contributed by atoms with Crippen molar-refractivity contribution in [3.63, 3.8) is 0 Å². The van der Waals surface area contributed by atoms with Crippen molar-refractivity contribution in [3.05, 3.63) is 71.3 Å². The molecule has 0 unspecified atom stereocenters. The fourth-order valence-corrected chi connectivity index (χ4v) is 2.53. The van der Waals surface area contributed by atoms with Crippen LogP contribution in [0, 0.1) is 11.6 Å². The second-order valence-corrected chi connectivity index (χ2v) is 4.98. The highest BCUT2D eigenvalue weighted by molar-refractivity contribution is 7.99. The van der Waals surface area contributed by atoms with Crippen LogP contribution in [0.15, 0.2) is 48.5 Å². The number of Topliss-reactive ketones (excluding diaryl/α,β-unsaturated/α-hetero) is 1. The third-order valence-corrected chi connectivity index (χ3v) is 3.59. The van der Waals surface area contributed by atoms with E-state index in [1.54, 1.807) is 0 Å². The highest BCUT2D eigenvalue weighted by Gasteiger charge is 2.16. The van der Waals surface area contributed by atoms with Gasteiger partial charge in [-0.3, -0.25) is 4.79 Å². The van der Waals surface area contributed by atoms with Gasteiger partial charge in [0.25, 0.3) is 0 Å². The molecule has 0 bridgehead atoms. The topological polar surface area (TPSA) is 17.1 Å². The minimum Gasteiger partial charge on any atom is -0.293 e. The normalized spacial score (nSPS) is 10.4. The average molecular weight is 278 g/mol. The molecule has 0 aliphatic rings. The summed E-state index contributed by atoms with van der Waals surface area (Å²) in [7, 11) is 0. The third kappa shape index (κ3) is 3.64. The van der Waals surface area contributed by atoms with Crippen LogP contribution in [0.25, 0.3) is 0 Å². The maximum atomic E-state index is 13.4. The van der Waals surface area contributed by atoms with Gasteiger partial charge in [-0.2, -0.15) is 0 Å². The Balaban J connectivity index is 1.95. The molecule has 0 aromatic heterocycles. The molecule has 0 heterocycles. The molecule has 2 aromatic rings. The lowest BCUT2D eigenvalue weighted by Crippen LogP contribution is -2.08. The minimum atomic E-state index is -0.801. The van der Waals surface area contributed by atoms with Crippen molar-refractivity contribution in [2.75, 3.05) is 5.75 Å². The maximum Gasteiger partial charge on any atom is 0.178 e. The second-order valence-electron chi connectivity index (χ2n) is 4.00. The number of carbonyl (C=O) groups is 1. The molecule has 2 aromatic carbocycles. The number of benzene rings is 2. The zero-order valence-corrected chi connectivity index (χ0v) is 10.9. The Morgan fingerprint density at radius 2 is 1.58 bits per heavy atom. The van der Waals surface area contributed by atoms with Crippen molar-refractivity contribution >= 4 is 17.5 Å². The monoisotopic (exact) mass is 278 g/mol. The first kappa shape index (κ1) is 13.7. The van der Waals surface area contributed by atoms with E-state index in [1.165, 1.54) is 17.8 Å². The van der Waals surface area contributed by atoms with Crippen LogP contribution in [0.3, 0.4) is 0 Å². The molecule has 2 rings (SSSR count). The average Bonchev–Trinajstić information content (AvgIpc) is 2.40. The Hall–Kier alpha value is -1.68. The molecule has 0 spiro atoms.